The summed E-state index contributed by atoms with van der Waals surface area (Å²) in [6, 6.07) is 12.2. The molecule has 0 heterocycles. The van der Waals surface area contributed by atoms with Crippen molar-refractivity contribution >= 4 is 56.7 Å². The first-order chi connectivity index (χ1) is 8.95. The van der Waals surface area contributed by atoms with Crippen LogP contribution in [-0.2, 0) is 10.1 Å². The summed E-state index contributed by atoms with van der Waals surface area (Å²) in [6.45, 7) is 0. The van der Waals surface area contributed by atoms with Crippen LogP contribution in [0, 0.1) is 0 Å². The van der Waals surface area contributed by atoms with Gasteiger partial charge in [0.1, 0.15) is 0 Å². The van der Waals surface area contributed by atoms with Crippen molar-refractivity contribution in [1.29, 1.82) is 0 Å². The van der Waals surface area contributed by atoms with Crippen molar-refractivity contribution < 1.29 is 13.0 Å². The summed E-state index contributed by atoms with van der Waals surface area (Å²) in [4.78, 5) is -0.182. The van der Waals surface area contributed by atoms with Crippen LogP contribution in [0.3, 0.4) is 0 Å². The Morgan fingerprint density at radius 2 is 1.25 bits per heavy atom. The summed E-state index contributed by atoms with van der Waals surface area (Å²) in [6.07, 6.45) is 0. The first-order valence-electron chi connectivity index (χ1n) is 5.30. The predicted octanol–water partition coefficient (Wildman–Crippen LogP) is 2.55. The maximum Gasteiger partial charge on any atom is 0.294 e. The van der Waals surface area contributed by atoms with Gasteiger partial charge in [0.25, 0.3) is 10.1 Å². The van der Waals surface area contributed by atoms with Crippen molar-refractivity contribution in [1.82, 2.24) is 0 Å². The molecule has 0 saturated carbocycles. The van der Waals surface area contributed by atoms with Gasteiger partial charge in [0.15, 0.2) is 0 Å². The zero-order valence-electron chi connectivity index (χ0n) is 10.8. The molecule has 2 aromatic rings. The molecule has 8 heteroatoms. The van der Waals surface area contributed by atoms with Crippen molar-refractivity contribution in [2.45, 2.75) is 4.90 Å². The number of hydrogen-bond donors (Lipinski definition) is 2. The van der Waals surface area contributed by atoms with Crippen molar-refractivity contribution in [2.24, 2.45) is 10.2 Å². The number of hydrogen-bond acceptors (Lipinski definition) is 5. The molecule has 0 amide bonds. The first kappa shape index (κ1) is 16.8. The SMILES string of the molecule is Nc1ccc(N=Nc2ccc(S(=O)(=O)O)cc2)cc1.[Na]. The van der Waals surface area contributed by atoms with E-state index < -0.39 is 10.1 Å². The Hall–Kier alpha value is -1.25. The second kappa shape index (κ2) is 6.96. The van der Waals surface area contributed by atoms with Crippen LogP contribution < -0.4 is 5.73 Å². The minimum absolute atomic E-state index is 0. The Morgan fingerprint density at radius 3 is 1.65 bits per heavy atom. The van der Waals surface area contributed by atoms with Crippen LogP contribution in [0.4, 0.5) is 17.1 Å². The summed E-state index contributed by atoms with van der Waals surface area (Å²) in [7, 11) is -4.18. The number of anilines is 1. The first-order valence-corrected chi connectivity index (χ1v) is 6.74. The summed E-state index contributed by atoms with van der Waals surface area (Å²) in [5, 5.41) is 7.90. The van der Waals surface area contributed by atoms with E-state index in [9.17, 15) is 8.42 Å². The number of nitrogens with zero attached hydrogens (tertiary/aromatic N) is 2. The van der Waals surface area contributed by atoms with Gasteiger partial charge in [0.2, 0.25) is 0 Å². The third-order valence-corrected chi connectivity index (χ3v) is 3.18. The van der Waals surface area contributed by atoms with E-state index in [0.29, 0.717) is 17.1 Å². The van der Waals surface area contributed by atoms with Crippen molar-refractivity contribution in [3.63, 3.8) is 0 Å². The quantitative estimate of drug-likeness (QED) is 0.393. The van der Waals surface area contributed by atoms with Gasteiger partial charge in [-0.1, -0.05) is 0 Å². The Balaban J connectivity index is 0.00000200. The van der Waals surface area contributed by atoms with E-state index in [0.717, 1.165) is 0 Å². The third-order valence-electron chi connectivity index (χ3n) is 2.31. The molecule has 0 aromatic heterocycles. The van der Waals surface area contributed by atoms with E-state index in [-0.39, 0.29) is 34.5 Å². The second-order valence-electron chi connectivity index (χ2n) is 3.76. The fourth-order valence-electron chi connectivity index (χ4n) is 1.34. The molecule has 20 heavy (non-hydrogen) atoms. The molecule has 0 saturated heterocycles. The van der Waals surface area contributed by atoms with Gasteiger partial charge in [-0.2, -0.15) is 18.6 Å². The Labute approximate surface area is 138 Å². The topological polar surface area (TPSA) is 105 Å². The zero-order valence-corrected chi connectivity index (χ0v) is 13.6. The molecule has 2 rings (SSSR count). The van der Waals surface area contributed by atoms with Gasteiger partial charge in [-0.3, -0.25) is 4.55 Å². The largest absolute Gasteiger partial charge is 0.399 e. The van der Waals surface area contributed by atoms with E-state index >= 15 is 0 Å². The van der Waals surface area contributed by atoms with E-state index in [4.69, 9.17) is 10.3 Å². The molecule has 0 atom stereocenters. The molecule has 2 aromatic carbocycles. The molecule has 6 nitrogen and oxygen atoms in total. The molecule has 0 spiro atoms. The van der Waals surface area contributed by atoms with Crippen LogP contribution in [0.2, 0.25) is 0 Å². The number of azo groups is 1. The Bertz CT molecular complexity index is 698. The second-order valence-corrected chi connectivity index (χ2v) is 5.18. The van der Waals surface area contributed by atoms with E-state index in [1.54, 1.807) is 24.3 Å². The summed E-state index contributed by atoms with van der Waals surface area (Å²) >= 11 is 0. The maximum absolute atomic E-state index is 10.8. The molecule has 99 valence electrons. The third kappa shape index (κ3) is 4.69. The molecule has 0 bridgehead atoms. The smallest absolute Gasteiger partial charge is 0.294 e. The number of nitrogen functional groups attached to an aromatic ring is 1. The van der Waals surface area contributed by atoms with Crippen LogP contribution in [0.1, 0.15) is 0 Å². The molecule has 0 aliphatic heterocycles. The van der Waals surface area contributed by atoms with Crippen LogP contribution in [0.15, 0.2) is 63.7 Å². The Kier molecular flexibility index (Phi) is 5.85. The van der Waals surface area contributed by atoms with Gasteiger partial charge in [-0.25, -0.2) is 0 Å². The average Bonchev–Trinajstić information content (AvgIpc) is 2.37. The van der Waals surface area contributed by atoms with E-state index in [1.165, 1.54) is 24.3 Å². The normalized spacial score (nSPS) is 11.2. The summed E-state index contributed by atoms with van der Waals surface area (Å²) in [5.74, 6) is 0. The van der Waals surface area contributed by atoms with Crippen molar-refractivity contribution in [2.75, 3.05) is 5.73 Å². The molecule has 0 aliphatic rings. The molecular formula is C12H11N3NaO3S. The molecule has 0 unspecified atom stereocenters. The average molecular weight is 300 g/mol. The minimum atomic E-state index is -4.18. The monoisotopic (exact) mass is 300 g/mol. The van der Waals surface area contributed by atoms with Crippen molar-refractivity contribution in [3.8, 4) is 0 Å². The van der Waals surface area contributed by atoms with Gasteiger partial charge in [-0.15, -0.1) is 0 Å². The van der Waals surface area contributed by atoms with E-state index in [1.807, 2.05) is 0 Å². The molecule has 1 radical (unpaired) electrons. The van der Waals surface area contributed by atoms with Crippen LogP contribution in [-0.4, -0.2) is 42.5 Å². The van der Waals surface area contributed by atoms with Gasteiger partial charge >= 0.3 is 0 Å². The van der Waals surface area contributed by atoms with Gasteiger partial charge in [0, 0.05) is 35.2 Å². The predicted molar refractivity (Wildman–Crippen MR) is 77.0 cm³/mol. The standard InChI is InChI=1S/C12H11N3O3S.Na/c13-9-1-3-10(4-2-9)14-15-11-5-7-12(8-6-11)19(16,17)18;/h1-8H,13H2,(H,16,17,18);. The molecule has 3 N–H and O–H groups in total. The fourth-order valence-corrected chi connectivity index (χ4v) is 1.82. The zero-order chi connectivity index (χ0) is 13.9. The number of rotatable bonds is 3. The number of benzene rings is 2. The van der Waals surface area contributed by atoms with Crippen molar-refractivity contribution in [3.05, 3.63) is 48.5 Å². The summed E-state index contributed by atoms with van der Waals surface area (Å²) in [5.41, 5.74) is 7.28. The number of nitrogens with two attached hydrogens (primary N) is 1. The van der Waals surface area contributed by atoms with Crippen LogP contribution in [0.25, 0.3) is 0 Å². The molecular weight excluding hydrogens is 289 g/mol. The fraction of sp³-hybridized carbons (Fsp3) is 0. The molecule has 0 fully saturated rings. The van der Waals surface area contributed by atoms with Gasteiger partial charge < -0.3 is 5.73 Å². The van der Waals surface area contributed by atoms with Crippen LogP contribution >= 0.6 is 0 Å². The van der Waals surface area contributed by atoms with Gasteiger partial charge in [0.05, 0.1) is 16.3 Å². The molecule has 0 aliphatic carbocycles. The minimum Gasteiger partial charge on any atom is -0.399 e. The maximum atomic E-state index is 10.8. The summed E-state index contributed by atoms with van der Waals surface area (Å²) < 4.78 is 30.5. The Morgan fingerprint density at radius 1 is 0.850 bits per heavy atom. The van der Waals surface area contributed by atoms with Crippen LogP contribution in [0.5, 0.6) is 0 Å². The van der Waals surface area contributed by atoms with E-state index in [2.05, 4.69) is 10.2 Å². The van der Waals surface area contributed by atoms with Gasteiger partial charge in [-0.05, 0) is 48.5 Å².